The average Bonchev–Trinajstić information content (AvgIpc) is 2.71. The van der Waals surface area contributed by atoms with Crippen molar-refractivity contribution in [3.05, 3.63) is 48.0 Å². The summed E-state index contributed by atoms with van der Waals surface area (Å²) in [4.78, 5) is 56.6. The van der Waals surface area contributed by atoms with Crippen LogP contribution in [0.2, 0.25) is 0 Å². The van der Waals surface area contributed by atoms with Crippen LogP contribution in [0.3, 0.4) is 0 Å². The Balaban J connectivity index is 1.85. The molecule has 0 aliphatic rings. The van der Waals surface area contributed by atoms with Gasteiger partial charge in [0.15, 0.2) is 12.3 Å². The number of nitrogens with one attached hydrogen (secondary N) is 2. The van der Waals surface area contributed by atoms with Crippen molar-refractivity contribution in [2.24, 2.45) is 0 Å². The standard InChI is InChI=1S/C20H23N5O5/c1-4-25(19(28)12-30-20(29)17-10-21-13(2)9-22-17)11-18(27)24-16-7-5-15(6-8-16)23-14(3)26/h5-10H,4,11-12H2,1-3H3,(H,23,26)(H,24,27). The zero-order valence-corrected chi connectivity index (χ0v) is 17.0. The highest BCUT2D eigenvalue weighted by Crippen LogP contribution is 2.13. The molecule has 1 aromatic heterocycles. The molecule has 10 heteroatoms. The lowest BCUT2D eigenvalue weighted by atomic mass is 10.2. The Labute approximate surface area is 173 Å². The summed E-state index contributed by atoms with van der Waals surface area (Å²) in [5.74, 6) is -1.88. The Bertz CT molecular complexity index is 912. The van der Waals surface area contributed by atoms with Gasteiger partial charge in [-0.1, -0.05) is 0 Å². The number of nitrogens with zero attached hydrogens (tertiary/aromatic N) is 3. The minimum atomic E-state index is -0.768. The molecule has 0 atom stereocenters. The molecule has 158 valence electrons. The van der Waals surface area contributed by atoms with Crippen LogP contribution in [0.5, 0.6) is 0 Å². The maximum absolute atomic E-state index is 12.3. The van der Waals surface area contributed by atoms with Gasteiger partial charge in [-0.15, -0.1) is 0 Å². The predicted molar refractivity (Wildman–Crippen MR) is 109 cm³/mol. The Morgan fingerprint density at radius 2 is 1.63 bits per heavy atom. The number of anilines is 2. The normalized spacial score (nSPS) is 10.1. The number of likely N-dealkylation sites (N-methyl/N-ethyl adjacent to an activating group) is 1. The van der Waals surface area contributed by atoms with Crippen molar-refractivity contribution in [1.82, 2.24) is 14.9 Å². The van der Waals surface area contributed by atoms with Crippen molar-refractivity contribution >= 4 is 35.1 Å². The highest BCUT2D eigenvalue weighted by atomic mass is 16.5. The summed E-state index contributed by atoms with van der Waals surface area (Å²) in [5.41, 5.74) is 1.76. The highest BCUT2D eigenvalue weighted by Gasteiger charge is 2.18. The van der Waals surface area contributed by atoms with E-state index in [1.54, 1.807) is 38.1 Å². The number of benzene rings is 1. The van der Waals surface area contributed by atoms with Gasteiger partial charge in [-0.05, 0) is 38.1 Å². The van der Waals surface area contributed by atoms with Crippen LogP contribution in [0.25, 0.3) is 0 Å². The molecule has 3 amide bonds. The lowest BCUT2D eigenvalue weighted by Gasteiger charge is -2.20. The van der Waals surface area contributed by atoms with E-state index in [1.165, 1.54) is 24.2 Å². The van der Waals surface area contributed by atoms with E-state index in [0.717, 1.165) is 0 Å². The molecule has 30 heavy (non-hydrogen) atoms. The maximum atomic E-state index is 12.3. The number of aryl methyl sites for hydroxylation is 1. The number of esters is 1. The van der Waals surface area contributed by atoms with Crippen LogP contribution in [-0.4, -0.2) is 58.3 Å². The summed E-state index contributed by atoms with van der Waals surface area (Å²) in [6, 6.07) is 6.55. The van der Waals surface area contributed by atoms with Crippen molar-refractivity contribution in [1.29, 1.82) is 0 Å². The molecule has 0 radical (unpaired) electrons. The molecule has 10 nitrogen and oxygen atoms in total. The SMILES string of the molecule is CCN(CC(=O)Nc1ccc(NC(C)=O)cc1)C(=O)COC(=O)c1cnc(C)cn1. The van der Waals surface area contributed by atoms with Crippen molar-refractivity contribution in [2.75, 3.05) is 30.3 Å². The fourth-order valence-corrected chi connectivity index (χ4v) is 2.38. The van der Waals surface area contributed by atoms with Crippen LogP contribution < -0.4 is 10.6 Å². The molecule has 0 bridgehead atoms. The zero-order valence-electron chi connectivity index (χ0n) is 17.0. The van der Waals surface area contributed by atoms with Gasteiger partial charge in [0.25, 0.3) is 5.91 Å². The van der Waals surface area contributed by atoms with Crippen LogP contribution in [-0.2, 0) is 19.1 Å². The number of hydrogen-bond donors (Lipinski definition) is 2. The molecule has 0 unspecified atom stereocenters. The Hall–Kier alpha value is -3.82. The first-order valence-electron chi connectivity index (χ1n) is 9.19. The van der Waals surface area contributed by atoms with E-state index >= 15 is 0 Å². The van der Waals surface area contributed by atoms with E-state index < -0.39 is 24.4 Å². The van der Waals surface area contributed by atoms with Crippen LogP contribution >= 0.6 is 0 Å². The first-order chi connectivity index (χ1) is 14.3. The molecule has 2 aromatic rings. The van der Waals surface area contributed by atoms with E-state index in [4.69, 9.17) is 4.74 Å². The molecule has 2 rings (SSSR count). The molecule has 1 aromatic carbocycles. The second kappa shape index (κ2) is 10.6. The van der Waals surface area contributed by atoms with Crippen molar-refractivity contribution in [3.63, 3.8) is 0 Å². The van der Waals surface area contributed by atoms with E-state index in [0.29, 0.717) is 17.1 Å². The van der Waals surface area contributed by atoms with Gasteiger partial charge < -0.3 is 20.3 Å². The largest absolute Gasteiger partial charge is 0.451 e. The molecular formula is C20H23N5O5. The first-order valence-corrected chi connectivity index (χ1v) is 9.19. The van der Waals surface area contributed by atoms with Crippen LogP contribution in [0.1, 0.15) is 30.0 Å². The molecule has 0 spiro atoms. The molecule has 0 saturated carbocycles. The van der Waals surface area contributed by atoms with Crippen LogP contribution in [0.4, 0.5) is 11.4 Å². The quantitative estimate of drug-likeness (QED) is 0.625. The van der Waals surface area contributed by atoms with E-state index in [9.17, 15) is 19.2 Å². The van der Waals surface area contributed by atoms with Gasteiger partial charge in [0.05, 0.1) is 18.4 Å². The number of carbonyl (C=O) groups is 4. The number of carbonyl (C=O) groups excluding carboxylic acids is 4. The lowest BCUT2D eigenvalue weighted by molar-refractivity contribution is -0.137. The summed E-state index contributed by atoms with van der Waals surface area (Å²) in [5, 5.41) is 5.29. The molecular weight excluding hydrogens is 390 g/mol. The van der Waals surface area contributed by atoms with Crippen LogP contribution in [0.15, 0.2) is 36.7 Å². The predicted octanol–water partition coefficient (Wildman–Crippen LogP) is 1.39. The zero-order chi connectivity index (χ0) is 22.1. The highest BCUT2D eigenvalue weighted by molar-refractivity contribution is 5.96. The maximum Gasteiger partial charge on any atom is 0.359 e. The van der Waals surface area contributed by atoms with E-state index in [-0.39, 0.29) is 24.7 Å². The number of aromatic nitrogens is 2. The molecule has 0 aliphatic heterocycles. The van der Waals surface area contributed by atoms with Crippen molar-refractivity contribution in [3.8, 4) is 0 Å². The van der Waals surface area contributed by atoms with Gasteiger partial charge >= 0.3 is 5.97 Å². The lowest BCUT2D eigenvalue weighted by Crippen LogP contribution is -2.40. The summed E-state index contributed by atoms with van der Waals surface area (Å²) in [7, 11) is 0. The first kappa shape index (κ1) is 22.5. The number of hydrogen-bond acceptors (Lipinski definition) is 7. The van der Waals surface area contributed by atoms with Gasteiger partial charge in [-0.25, -0.2) is 9.78 Å². The second-order valence-electron chi connectivity index (χ2n) is 6.33. The molecule has 0 saturated heterocycles. The second-order valence-corrected chi connectivity index (χ2v) is 6.33. The summed E-state index contributed by atoms with van der Waals surface area (Å²) >= 11 is 0. The third kappa shape index (κ3) is 6.97. The minimum absolute atomic E-state index is 0.00287. The number of rotatable bonds is 8. The van der Waals surface area contributed by atoms with E-state index in [2.05, 4.69) is 20.6 Å². The van der Waals surface area contributed by atoms with Crippen molar-refractivity contribution in [2.45, 2.75) is 20.8 Å². The third-order valence-electron chi connectivity index (χ3n) is 3.87. The topological polar surface area (TPSA) is 131 Å². The molecule has 0 aliphatic carbocycles. The van der Waals surface area contributed by atoms with Gasteiger partial charge in [-0.2, -0.15) is 0 Å². The van der Waals surface area contributed by atoms with Crippen molar-refractivity contribution < 1.29 is 23.9 Å². The monoisotopic (exact) mass is 413 g/mol. The fourth-order valence-electron chi connectivity index (χ4n) is 2.38. The third-order valence-corrected chi connectivity index (χ3v) is 3.87. The Morgan fingerprint density at radius 3 is 2.17 bits per heavy atom. The Morgan fingerprint density at radius 1 is 1.00 bits per heavy atom. The Kier molecular flexibility index (Phi) is 7.98. The van der Waals surface area contributed by atoms with E-state index in [1.807, 2.05) is 0 Å². The number of ether oxygens (including phenoxy) is 1. The molecule has 1 heterocycles. The van der Waals surface area contributed by atoms with Gasteiger partial charge in [0.1, 0.15) is 0 Å². The average molecular weight is 413 g/mol. The van der Waals surface area contributed by atoms with Crippen LogP contribution in [0, 0.1) is 6.92 Å². The minimum Gasteiger partial charge on any atom is -0.451 e. The fraction of sp³-hybridized carbons (Fsp3) is 0.300. The molecule has 0 fully saturated rings. The molecule has 2 N–H and O–H groups in total. The number of amides is 3. The van der Waals surface area contributed by atoms with Gasteiger partial charge in [-0.3, -0.25) is 19.4 Å². The van der Waals surface area contributed by atoms with Gasteiger partial charge in [0, 0.05) is 31.0 Å². The summed E-state index contributed by atoms with van der Waals surface area (Å²) < 4.78 is 4.96. The van der Waals surface area contributed by atoms with Gasteiger partial charge in [0.2, 0.25) is 11.8 Å². The summed E-state index contributed by atoms with van der Waals surface area (Å²) in [6.45, 7) is 4.38. The smallest absolute Gasteiger partial charge is 0.359 e. The summed E-state index contributed by atoms with van der Waals surface area (Å²) in [6.07, 6.45) is 2.69.